The third kappa shape index (κ3) is 6.25. The lowest BCUT2D eigenvalue weighted by molar-refractivity contribution is 0.168. The smallest absolute Gasteiger partial charge is 0.240 e. The highest BCUT2D eigenvalue weighted by molar-refractivity contribution is 7.89. The maximum absolute atomic E-state index is 13.5. The highest BCUT2D eigenvalue weighted by atomic mass is 32.2. The van der Waals surface area contributed by atoms with Gasteiger partial charge < -0.3 is 9.84 Å². The second-order valence-corrected chi connectivity index (χ2v) is 9.46. The van der Waals surface area contributed by atoms with Gasteiger partial charge >= 0.3 is 0 Å². The Labute approximate surface area is 177 Å². The van der Waals surface area contributed by atoms with Crippen LogP contribution in [0.5, 0.6) is 5.75 Å². The molecule has 1 aliphatic heterocycles. The highest BCUT2D eigenvalue weighted by Gasteiger charge is 2.23. The Hall–Kier alpha value is -2.00. The molecule has 0 radical (unpaired) electrons. The summed E-state index contributed by atoms with van der Waals surface area (Å²) in [6, 6.07) is 11.6. The first-order valence-electron chi connectivity index (χ1n) is 10.2. The number of sulfonamides is 1. The zero-order chi connectivity index (χ0) is 21.6. The molecule has 1 atom stereocenters. The Morgan fingerprint density at radius 1 is 1.23 bits per heavy atom. The van der Waals surface area contributed by atoms with E-state index in [-0.39, 0.29) is 24.0 Å². The second kappa shape index (κ2) is 10.3. The number of aliphatic hydroxyl groups is 1. The van der Waals surface area contributed by atoms with E-state index in [9.17, 15) is 12.8 Å². The minimum atomic E-state index is -3.74. The van der Waals surface area contributed by atoms with E-state index in [2.05, 4.69) is 9.62 Å². The molecule has 8 heteroatoms. The molecule has 2 N–H and O–H groups in total. The summed E-state index contributed by atoms with van der Waals surface area (Å²) in [5.74, 6) is 0.374. The molecule has 6 nitrogen and oxygen atoms in total. The molecule has 0 saturated carbocycles. The Morgan fingerprint density at radius 3 is 2.73 bits per heavy atom. The van der Waals surface area contributed by atoms with Crippen molar-refractivity contribution >= 4 is 10.0 Å². The van der Waals surface area contributed by atoms with Gasteiger partial charge in [0.2, 0.25) is 10.0 Å². The number of aliphatic hydroxyl groups excluding tert-OH is 1. The van der Waals surface area contributed by atoms with E-state index in [4.69, 9.17) is 9.84 Å². The van der Waals surface area contributed by atoms with Crippen LogP contribution >= 0.6 is 0 Å². The fraction of sp³-hybridized carbons (Fsp3) is 0.455. The van der Waals surface area contributed by atoms with Gasteiger partial charge in [-0.2, -0.15) is 0 Å². The van der Waals surface area contributed by atoms with Crippen molar-refractivity contribution in [3.8, 4) is 5.75 Å². The van der Waals surface area contributed by atoms with E-state index in [1.165, 1.54) is 12.1 Å². The molecule has 164 valence electrons. The zero-order valence-electron chi connectivity index (χ0n) is 17.2. The summed E-state index contributed by atoms with van der Waals surface area (Å²) in [6.07, 6.45) is 1.96. The standard InChI is InChI=1S/C22H29FN2O4S/c1-17-4-7-20(23)13-22(17)30(27,28)24-14-19-3-2-10-25(16-19)15-18-5-8-21(9-6-18)29-12-11-26/h4-9,13,19,24,26H,2-3,10-12,14-16H2,1H3/t19-/m0/s1. The molecule has 0 unspecified atom stereocenters. The number of nitrogens with one attached hydrogen (secondary N) is 1. The number of likely N-dealkylation sites (tertiary alicyclic amines) is 1. The molecule has 0 bridgehead atoms. The fourth-order valence-electron chi connectivity index (χ4n) is 3.74. The van der Waals surface area contributed by atoms with Gasteiger partial charge in [0.25, 0.3) is 0 Å². The second-order valence-electron chi connectivity index (χ2n) is 7.72. The molecule has 1 aliphatic rings. The summed E-state index contributed by atoms with van der Waals surface area (Å²) in [5.41, 5.74) is 1.68. The molecule has 30 heavy (non-hydrogen) atoms. The van der Waals surface area contributed by atoms with Gasteiger partial charge in [0.1, 0.15) is 18.2 Å². The molecular weight excluding hydrogens is 407 g/mol. The van der Waals surface area contributed by atoms with Gasteiger partial charge in [0.05, 0.1) is 11.5 Å². The van der Waals surface area contributed by atoms with Crippen molar-refractivity contribution in [2.75, 3.05) is 32.8 Å². The van der Waals surface area contributed by atoms with E-state index in [0.717, 1.165) is 49.9 Å². The van der Waals surface area contributed by atoms with Crippen LogP contribution in [-0.4, -0.2) is 51.3 Å². The summed E-state index contributed by atoms with van der Waals surface area (Å²) in [7, 11) is -3.74. The molecule has 1 heterocycles. The molecule has 2 aromatic carbocycles. The van der Waals surface area contributed by atoms with Crippen LogP contribution in [0.25, 0.3) is 0 Å². The number of rotatable bonds is 9. The minimum absolute atomic E-state index is 0.00123. The van der Waals surface area contributed by atoms with Crippen LogP contribution in [0.4, 0.5) is 4.39 Å². The van der Waals surface area contributed by atoms with Crippen LogP contribution < -0.4 is 9.46 Å². The fourth-order valence-corrected chi connectivity index (χ4v) is 5.11. The summed E-state index contributed by atoms with van der Waals surface area (Å²) in [6.45, 7) is 4.81. The zero-order valence-corrected chi connectivity index (χ0v) is 18.0. The Kier molecular flexibility index (Phi) is 7.82. The Bertz CT molecular complexity index is 935. The predicted octanol–water partition coefficient (Wildman–Crippen LogP) is 2.70. The first-order valence-corrected chi connectivity index (χ1v) is 11.7. The lowest BCUT2D eigenvalue weighted by atomic mass is 9.98. The number of halogens is 1. The van der Waals surface area contributed by atoms with Crippen molar-refractivity contribution in [3.63, 3.8) is 0 Å². The van der Waals surface area contributed by atoms with Crippen molar-refractivity contribution in [1.82, 2.24) is 9.62 Å². The molecule has 1 fully saturated rings. The highest BCUT2D eigenvalue weighted by Crippen LogP contribution is 2.21. The van der Waals surface area contributed by atoms with Gasteiger partial charge in [0.15, 0.2) is 0 Å². The molecule has 0 aromatic heterocycles. The average Bonchev–Trinajstić information content (AvgIpc) is 2.74. The largest absolute Gasteiger partial charge is 0.491 e. The third-order valence-electron chi connectivity index (χ3n) is 5.29. The summed E-state index contributed by atoms with van der Waals surface area (Å²) in [5, 5.41) is 8.82. The van der Waals surface area contributed by atoms with Gasteiger partial charge in [-0.15, -0.1) is 0 Å². The van der Waals surface area contributed by atoms with Crippen molar-refractivity contribution in [1.29, 1.82) is 0 Å². The topological polar surface area (TPSA) is 78.9 Å². The van der Waals surface area contributed by atoms with Crippen LogP contribution in [0.3, 0.4) is 0 Å². The van der Waals surface area contributed by atoms with Crippen molar-refractivity contribution in [3.05, 3.63) is 59.4 Å². The number of benzene rings is 2. The lowest BCUT2D eigenvalue weighted by Crippen LogP contribution is -2.40. The molecule has 0 spiro atoms. The van der Waals surface area contributed by atoms with Gasteiger partial charge in [-0.05, 0) is 67.6 Å². The number of aryl methyl sites for hydroxylation is 1. The number of ether oxygens (including phenoxy) is 1. The van der Waals surface area contributed by atoms with Crippen molar-refractivity contribution in [2.24, 2.45) is 5.92 Å². The van der Waals surface area contributed by atoms with Crippen LogP contribution in [-0.2, 0) is 16.6 Å². The molecule has 1 saturated heterocycles. The third-order valence-corrected chi connectivity index (χ3v) is 6.86. The minimum Gasteiger partial charge on any atom is -0.491 e. The normalized spacial score (nSPS) is 17.8. The molecule has 0 amide bonds. The van der Waals surface area contributed by atoms with Crippen LogP contribution in [0.2, 0.25) is 0 Å². The number of hydrogen-bond donors (Lipinski definition) is 2. The maximum Gasteiger partial charge on any atom is 0.240 e. The Balaban J connectivity index is 1.54. The first kappa shape index (κ1) is 22.7. The molecule has 2 aromatic rings. The van der Waals surface area contributed by atoms with E-state index in [0.29, 0.717) is 12.1 Å². The number of nitrogens with zero attached hydrogens (tertiary/aromatic N) is 1. The van der Waals surface area contributed by atoms with E-state index in [1.54, 1.807) is 6.92 Å². The SMILES string of the molecule is Cc1ccc(F)cc1S(=O)(=O)NC[C@@H]1CCCN(Cc2ccc(OCCO)cc2)C1. The van der Waals surface area contributed by atoms with E-state index < -0.39 is 15.8 Å². The van der Waals surface area contributed by atoms with Crippen molar-refractivity contribution in [2.45, 2.75) is 31.2 Å². The van der Waals surface area contributed by atoms with Gasteiger partial charge in [-0.1, -0.05) is 18.2 Å². The van der Waals surface area contributed by atoms with Gasteiger partial charge in [-0.3, -0.25) is 4.90 Å². The van der Waals surface area contributed by atoms with Crippen LogP contribution in [0.15, 0.2) is 47.4 Å². The maximum atomic E-state index is 13.5. The van der Waals surface area contributed by atoms with Crippen LogP contribution in [0.1, 0.15) is 24.0 Å². The lowest BCUT2D eigenvalue weighted by Gasteiger charge is -2.32. The van der Waals surface area contributed by atoms with Gasteiger partial charge in [-0.25, -0.2) is 17.5 Å². The molecule has 3 rings (SSSR count). The summed E-state index contributed by atoms with van der Waals surface area (Å²) in [4.78, 5) is 2.32. The first-order chi connectivity index (χ1) is 14.4. The van der Waals surface area contributed by atoms with Crippen LogP contribution in [0, 0.1) is 18.7 Å². The monoisotopic (exact) mass is 436 g/mol. The number of piperidine rings is 1. The quantitative estimate of drug-likeness (QED) is 0.632. The Morgan fingerprint density at radius 2 is 2.00 bits per heavy atom. The summed E-state index contributed by atoms with van der Waals surface area (Å²) < 4.78 is 46.8. The summed E-state index contributed by atoms with van der Waals surface area (Å²) >= 11 is 0. The molecule has 0 aliphatic carbocycles. The van der Waals surface area contributed by atoms with E-state index in [1.807, 2.05) is 24.3 Å². The predicted molar refractivity (Wildman–Crippen MR) is 113 cm³/mol. The van der Waals surface area contributed by atoms with Crippen molar-refractivity contribution < 1.29 is 22.7 Å². The van der Waals surface area contributed by atoms with E-state index >= 15 is 0 Å². The number of hydrogen-bond acceptors (Lipinski definition) is 5. The molecular formula is C22H29FN2O4S. The average molecular weight is 437 g/mol. The van der Waals surface area contributed by atoms with Gasteiger partial charge in [0, 0.05) is 19.6 Å².